The molecule has 3 N–H and O–H groups in total. The van der Waals surface area contributed by atoms with Gasteiger partial charge in [0.05, 0.1) is 32.0 Å². The molecule has 13 nitrogen and oxygen atoms in total. The quantitative estimate of drug-likeness (QED) is 0.230. The average Bonchev–Trinajstić information content (AvgIpc) is 4.26. The SMILES string of the molecule is CC.CC.CC.CC.CC.CC.CC.CC.CC(C)C1CCC1.CC(C)C1CCCO1.CC(C)C1CCN1.CC(C)C1CCO1.CC(C)C1CNOC1.CC(C)C1OCCO1.CC(C)N1C=NNC1.CC(C)n1cnnc1. The van der Waals surface area contributed by atoms with Crippen LogP contribution < -0.4 is 16.2 Å². The van der Waals surface area contributed by atoms with Crippen molar-refractivity contribution < 1.29 is 23.8 Å². The van der Waals surface area contributed by atoms with Crippen LogP contribution in [0, 0.1) is 47.3 Å². The second kappa shape index (κ2) is 70.2. The Morgan fingerprint density at radius 1 is 0.455 bits per heavy atom. The lowest BCUT2D eigenvalue weighted by Gasteiger charge is -2.30. The van der Waals surface area contributed by atoms with Crippen molar-refractivity contribution in [2.24, 2.45) is 52.4 Å². The van der Waals surface area contributed by atoms with Crippen molar-refractivity contribution >= 4 is 6.34 Å². The standard InChI is InChI=1S/C7H14O.C7H14.C6H13NO.C6H13N.C6H12O2.C6H12O.C5H11N3.C5H9N3.8C2H6/c1-6(2)7-4-3-5-8-7;1-6(2)7-4-3-5-7;1-5(2)6-3-7-8-4-6;1-5(2)6-3-4-7-6;1-5(2)6-7-3-4-8-6;1-5(2)6-3-4-7-6;2*1-5(2)8-3-6-7-4-8;8*1-2/h6-7H,3-5H2,1-2H3;6-7H,3-5H2,1-2H3;5-7H,3-4H2,1-2H3;5-7H,3-4H2,1-2H3;5-6H,3-4H2,1-2H3;5-6H,3-4H2,1-2H3;3,5,7H,4H2,1-2H3;3-5H,1-2H3;8*1-2H3. The van der Waals surface area contributed by atoms with Gasteiger partial charge in [0.1, 0.15) is 25.7 Å². The largest absolute Gasteiger partial charge is 0.378 e. The molecule has 0 bridgehead atoms. The number of hydrogen-bond donors (Lipinski definition) is 3. The fourth-order valence-corrected chi connectivity index (χ4v) is 6.54. The molecule has 0 amide bonds. The van der Waals surface area contributed by atoms with Crippen LogP contribution in [-0.4, -0.2) is 109 Å². The molecule has 0 aromatic carbocycles. The molecular weight excluding hydrogens is 961 g/mol. The monoisotopic (exact) mass is 1110 g/mol. The molecule has 1 aromatic rings. The van der Waals surface area contributed by atoms with Gasteiger partial charge in [-0.25, -0.2) is 5.48 Å². The van der Waals surface area contributed by atoms with Gasteiger partial charge in [-0.3, -0.25) is 5.43 Å². The van der Waals surface area contributed by atoms with Crippen molar-refractivity contribution in [3.63, 3.8) is 0 Å². The van der Waals surface area contributed by atoms with Crippen molar-refractivity contribution in [1.29, 1.82) is 0 Å². The Balaban J connectivity index is -0.000000113. The van der Waals surface area contributed by atoms with Crippen LogP contribution in [0.1, 0.15) is 273 Å². The van der Waals surface area contributed by atoms with Crippen LogP contribution in [0.25, 0.3) is 0 Å². The van der Waals surface area contributed by atoms with Crippen LogP contribution in [-0.2, 0) is 23.8 Å². The Morgan fingerprint density at radius 3 is 1.03 bits per heavy atom. The fourth-order valence-electron chi connectivity index (χ4n) is 6.54. The van der Waals surface area contributed by atoms with Gasteiger partial charge in [-0.1, -0.05) is 213 Å². The zero-order chi connectivity index (χ0) is 61.7. The molecule has 7 heterocycles. The summed E-state index contributed by atoms with van der Waals surface area (Å²) in [6.45, 7) is 74.6. The number of nitrogens with one attached hydrogen (secondary N) is 3. The first-order valence-corrected chi connectivity index (χ1v) is 32.3. The molecule has 6 fully saturated rings. The number of ether oxygens (including phenoxy) is 4. The molecule has 6 aliphatic heterocycles. The summed E-state index contributed by atoms with van der Waals surface area (Å²) in [6, 6.07) is 1.87. The average molecular weight is 1110 g/mol. The Morgan fingerprint density at radius 2 is 0.896 bits per heavy atom. The van der Waals surface area contributed by atoms with E-state index in [1.807, 2.05) is 122 Å². The first-order valence-electron chi connectivity index (χ1n) is 32.3. The van der Waals surface area contributed by atoms with Gasteiger partial charge in [-0.15, -0.1) is 10.2 Å². The molecule has 472 valence electrons. The minimum absolute atomic E-state index is 0.0648. The fraction of sp³-hybridized carbons (Fsp3) is 0.953. The lowest BCUT2D eigenvalue weighted by Crippen LogP contribution is -2.46. The number of hydrogen-bond acceptors (Lipinski definition) is 12. The van der Waals surface area contributed by atoms with Gasteiger partial charge in [0.2, 0.25) is 0 Å². The summed E-state index contributed by atoms with van der Waals surface area (Å²) in [7, 11) is 0. The molecule has 1 aliphatic carbocycles. The highest BCUT2D eigenvalue weighted by Crippen LogP contribution is 2.32. The Labute approximate surface area is 485 Å². The molecule has 1 saturated carbocycles. The van der Waals surface area contributed by atoms with Gasteiger partial charge in [-0.05, 0) is 95.4 Å². The molecule has 4 unspecified atom stereocenters. The summed E-state index contributed by atoms with van der Waals surface area (Å²) < 4.78 is 22.9. The molecule has 5 saturated heterocycles. The molecule has 1 aromatic heterocycles. The van der Waals surface area contributed by atoms with E-state index in [-0.39, 0.29) is 6.29 Å². The smallest absolute Gasteiger partial charge is 0.160 e. The molecule has 7 aliphatic rings. The van der Waals surface area contributed by atoms with Crippen LogP contribution in [0.4, 0.5) is 0 Å². The molecule has 8 rings (SSSR count). The predicted molar refractivity (Wildman–Crippen MR) is 344 cm³/mol. The zero-order valence-electron chi connectivity index (χ0n) is 58.2. The van der Waals surface area contributed by atoms with E-state index in [4.69, 9.17) is 23.8 Å². The molecule has 0 radical (unpaired) electrons. The van der Waals surface area contributed by atoms with E-state index < -0.39 is 0 Å². The predicted octanol–water partition coefficient (Wildman–Crippen LogP) is 17.8. The summed E-state index contributed by atoms with van der Waals surface area (Å²) in [4.78, 5) is 7.09. The normalized spacial score (nSPS) is 19.7. The third-order valence-electron chi connectivity index (χ3n) is 12.1. The lowest BCUT2D eigenvalue weighted by atomic mass is 9.78. The van der Waals surface area contributed by atoms with E-state index in [2.05, 4.69) is 147 Å². The molecule has 13 heteroatoms. The summed E-state index contributed by atoms with van der Waals surface area (Å²) in [5.74, 6) is 6.31. The van der Waals surface area contributed by atoms with Crippen molar-refractivity contribution in [3.8, 4) is 0 Å². The van der Waals surface area contributed by atoms with Crippen LogP contribution in [0.15, 0.2) is 17.8 Å². The van der Waals surface area contributed by atoms with Crippen LogP contribution >= 0.6 is 0 Å². The van der Waals surface area contributed by atoms with Crippen LogP contribution in [0.5, 0.6) is 0 Å². The molecule has 4 atom stereocenters. The summed E-state index contributed by atoms with van der Waals surface area (Å²) in [6.07, 6.45) is 16.2. The molecule has 77 heavy (non-hydrogen) atoms. The van der Waals surface area contributed by atoms with E-state index in [1.54, 1.807) is 12.7 Å². The first kappa shape index (κ1) is 91.6. The number of nitrogens with zero attached hydrogens (tertiary/aromatic N) is 5. The zero-order valence-corrected chi connectivity index (χ0v) is 58.2. The number of hydrazone groups is 1. The summed E-state index contributed by atoms with van der Waals surface area (Å²) in [5.41, 5.74) is 5.70. The van der Waals surface area contributed by atoms with Gasteiger partial charge in [0, 0.05) is 49.7 Å². The number of hydroxylamine groups is 1. The van der Waals surface area contributed by atoms with Gasteiger partial charge < -0.3 is 38.6 Å². The van der Waals surface area contributed by atoms with Gasteiger partial charge in [0.15, 0.2) is 6.29 Å². The highest BCUT2D eigenvalue weighted by Gasteiger charge is 2.22. The maximum Gasteiger partial charge on any atom is 0.160 e. The van der Waals surface area contributed by atoms with Crippen LogP contribution in [0.3, 0.4) is 0 Å². The van der Waals surface area contributed by atoms with E-state index in [9.17, 15) is 0 Å². The van der Waals surface area contributed by atoms with E-state index in [0.717, 1.165) is 93.7 Å². The van der Waals surface area contributed by atoms with Gasteiger partial charge in [-0.2, -0.15) is 5.10 Å². The van der Waals surface area contributed by atoms with E-state index in [1.165, 1.54) is 51.5 Å². The third-order valence-corrected chi connectivity index (χ3v) is 12.1. The number of rotatable bonds is 8. The Hall–Kier alpha value is -1.87. The second-order valence-electron chi connectivity index (χ2n) is 20.0. The highest BCUT2D eigenvalue weighted by atomic mass is 16.7. The maximum absolute atomic E-state index is 5.41. The van der Waals surface area contributed by atoms with E-state index in [0.29, 0.717) is 30.2 Å². The first-order chi connectivity index (χ1) is 36.9. The highest BCUT2D eigenvalue weighted by molar-refractivity contribution is 5.56. The van der Waals surface area contributed by atoms with Crippen molar-refractivity contribution in [2.75, 3.05) is 52.8 Å². The summed E-state index contributed by atoms with van der Waals surface area (Å²) >= 11 is 0. The summed E-state index contributed by atoms with van der Waals surface area (Å²) in [5, 5.41) is 14.5. The minimum Gasteiger partial charge on any atom is -0.378 e. The van der Waals surface area contributed by atoms with Crippen molar-refractivity contribution in [1.82, 2.24) is 35.9 Å². The van der Waals surface area contributed by atoms with Crippen LogP contribution in [0.2, 0.25) is 0 Å². The van der Waals surface area contributed by atoms with Gasteiger partial charge >= 0.3 is 0 Å². The lowest BCUT2D eigenvalue weighted by molar-refractivity contribution is -0.0763. The van der Waals surface area contributed by atoms with E-state index >= 15 is 0 Å². The molecular formula is C64H146N8O5. The molecule has 0 spiro atoms. The minimum atomic E-state index is 0.0648. The third kappa shape index (κ3) is 55.8. The van der Waals surface area contributed by atoms with Crippen molar-refractivity contribution in [2.45, 2.75) is 303 Å². The second-order valence-corrected chi connectivity index (χ2v) is 20.0. The Kier molecular flexibility index (Phi) is 83.6. The van der Waals surface area contributed by atoms with Crippen molar-refractivity contribution in [3.05, 3.63) is 12.7 Å². The maximum atomic E-state index is 5.41. The van der Waals surface area contributed by atoms with Gasteiger partial charge in [0.25, 0.3) is 0 Å². The topological polar surface area (TPSA) is 129 Å². The Bertz CT molecular complexity index is 1050. The number of aromatic nitrogens is 3.